The molecule has 2 amide bonds. The Morgan fingerprint density at radius 3 is 2.00 bits per heavy atom. The van der Waals surface area contributed by atoms with Crippen molar-refractivity contribution in [1.82, 2.24) is 10.6 Å². The summed E-state index contributed by atoms with van der Waals surface area (Å²) in [6.07, 6.45) is 2.78. The minimum Gasteiger partial charge on any atom is -0.375 e. The molecule has 0 heterocycles. The lowest BCUT2D eigenvalue weighted by molar-refractivity contribution is -0.132. The number of nitrogens with one attached hydrogen (secondary N) is 2. The van der Waals surface area contributed by atoms with Crippen LogP contribution in [-0.4, -0.2) is 42.4 Å². The van der Waals surface area contributed by atoms with E-state index in [2.05, 4.69) is 38.3 Å². The molecule has 0 radical (unpaired) electrons. The second kappa shape index (κ2) is 14.0. The van der Waals surface area contributed by atoms with Gasteiger partial charge in [-0.25, -0.2) is 0 Å². The van der Waals surface area contributed by atoms with Crippen molar-refractivity contribution in [2.45, 2.75) is 113 Å². The van der Waals surface area contributed by atoms with E-state index in [0.717, 1.165) is 6.42 Å². The molecular weight excluding hydrogens is 404 g/mol. The predicted molar refractivity (Wildman–Crippen MR) is 131 cm³/mol. The van der Waals surface area contributed by atoms with Gasteiger partial charge in [0, 0.05) is 43.4 Å². The van der Waals surface area contributed by atoms with Crippen LogP contribution in [0.1, 0.15) is 101 Å². The van der Waals surface area contributed by atoms with Crippen LogP contribution in [0.25, 0.3) is 0 Å². The number of Topliss-reactive ketones (excluding diaryl/α,β-unsaturated/α-hetero) is 1. The fourth-order valence-electron chi connectivity index (χ4n) is 3.19. The Kier molecular flexibility index (Phi) is 13.3. The summed E-state index contributed by atoms with van der Waals surface area (Å²) in [6, 6.07) is 0.149. The van der Waals surface area contributed by atoms with Gasteiger partial charge >= 0.3 is 0 Å². The molecule has 0 saturated heterocycles. The quantitative estimate of drug-likeness (QED) is 0.347. The van der Waals surface area contributed by atoms with E-state index in [0.29, 0.717) is 37.8 Å². The minimum atomic E-state index is -0.511. The SMILES string of the molecule is CC(CC(C)C(C)C)NC(=O)C(C)(C)CCOC(C)(C)CCNC(=O)CCC(=O)C(C)C. The molecule has 188 valence electrons. The lowest BCUT2D eigenvalue weighted by Crippen LogP contribution is -2.43. The van der Waals surface area contributed by atoms with Gasteiger partial charge in [-0.3, -0.25) is 14.4 Å². The topological polar surface area (TPSA) is 84.5 Å². The van der Waals surface area contributed by atoms with Gasteiger partial charge in [-0.05, 0) is 51.9 Å². The first-order valence-electron chi connectivity index (χ1n) is 12.3. The first-order valence-corrected chi connectivity index (χ1v) is 12.3. The number of carbonyl (C=O) groups excluding carboxylic acids is 3. The highest BCUT2D eigenvalue weighted by Gasteiger charge is 2.30. The average molecular weight is 455 g/mol. The van der Waals surface area contributed by atoms with Crippen LogP contribution in [0.3, 0.4) is 0 Å². The van der Waals surface area contributed by atoms with Crippen LogP contribution in [0.5, 0.6) is 0 Å². The van der Waals surface area contributed by atoms with Crippen molar-refractivity contribution in [3.05, 3.63) is 0 Å². The molecular formula is C26H50N2O4. The monoisotopic (exact) mass is 454 g/mol. The number of ether oxygens (including phenoxy) is 1. The number of hydrogen-bond acceptors (Lipinski definition) is 4. The average Bonchev–Trinajstić information content (AvgIpc) is 2.64. The maximum Gasteiger partial charge on any atom is 0.225 e. The van der Waals surface area contributed by atoms with E-state index in [4.69, 9.17) is 4.74 Å². The minimum absolute atomic E-state index is 0.0340. The molecule has 0 saturated carbocycles. The van der Waals surface area contributed by atoms with E-state index in [-0.39, 0.29) is 42.4 Å². The fourth-order valence-corrected chi connectivity index (χ4v) is 3.19. The summed E-state index contributed by atoms with van der Waals surface area (Å²) in [6.45, 7) is 21.3. The Morgan fingerprint density at radius 1 is 0.875 bits per heavy atom. The summed E-state index contributed by atoms with van der Waals surface area (Å²) >= 11 is 0. The highest BCUT2D eigenvalue weighted by atomic mass is 16.5. The van der Waals surface area contributed by atoms with Crippen LogP contribution in [-0.2, 0) is 19.1 Å². The maximum atomic E-state index is 12.7. The lowest BCUT2D eigenvalue weighted by Gasteiger charge is -2.30. The Balaban J connectivity index is 4.31. The second-order valence-electron chi connectivity index (χ2n) is 11.3. The Bertz CT molecular complexity index is 597. The molecule has 0 rings (SSSR count). The van der Waals surface area contributed by atoms with Gasteiger partial charge < -0.3 is 15.4 Å². The van der Waals surface area contributed by atoms with Crippen molar-refractivity contribution in [3.8, 4) is 0 Å². The molecule has 0 aliphatic heterocycles. The van der Waals surface area contributed by atoms with E-state index in [1.807, 2.05) is 41.5 Å². The lowest BCUT2D eigenvalue weighted by atomic mass is 9.87. The van der Waals surface area contributed by atoms with Crippen molar-refractivity contribution >= 4 is 17.6 Å². The molecule has 0 aromatic heterocycles. The molecule has 32 heavy (non-hydrogen) atoms. The van der Waals surface area contributed by atoms with Gasteiger partial charge in [-0.2, -0.15) is 0 Å². The third-order valence-electron chi connectivity index (χ3n) is 6.37. The van der Waals surface area contributed by atoms with E-state index in [1.165, 1.54) is 0 Å². The molecule has 2 unspecified atom stereocenters. The van der Waals surface area contributed by atoms with Gasteiger partial charge in [0.2, 0.25) is 11.8 Å². The number of carbonyl (C=O) groups is 3. The smallest absolute Gasteiger partial charge is 0.225 e. The molecule has 2 N–H and O–H groups in total. The van der Waals surface area contributed by atoms with Crippen LogP contribution in [0.2, 0.25) is 0 Å². The van der Waals surface area contributed by atoms with Crippen LogP contribution >= 0.6 is 0 Å². The molecule has 2 atom stereocenters. The number of amides is 2. The zero-order chi connectivity index (χ0) is 25.1. The summed E-state index contributed by atoms with van der Waals surface area (Å²) in [7, 11) is 0. The maximum absolute atomic E-state index is 12.7. The summed E-state index contributed by atoms with van der Waals surface area (Å²) < 4.78 is 6.04. The van der Waals surface area contributed by atoms with Crippen LogP contribution in [0.15, 0.2) is 0 Å². The molecule has 0 spiro atoms. The Labute approximate surface area is 197 Å². The van der Waals surface area contributed by atoms with Gasteiger partial charge in [0.15, 0.2) is 0 Å². The van der Waals surface area contributed by atoms with Crippen molar-refractivity contribution in [2.24, 2.45) is 23.2 Å². The molecule has 6 nitrogen and oxygen atoms in total. The third kappa shape index (κ3) is 13.2. The summed E-state index contributed by atoms with van der Waals surface area (Å²) in [5, 5.41) is 6.03. The first kappa shape index (κ1) is 30.6. The fraction of sp³-hybridized carbons (Fsp3) is 0.885. The molecule has 0 bridgehead atoms. The van der Waals surface area contributed by atoms with E-state index in [1.54, 1.807) is 0 Å². The molecule has 0 aromatic carbocycles. The summed E-state index contributed by atoms with van der Waals surface area (Å²) in [5.74, 6) is 1.20. The molecule has 0 aliphatic rings. The second-order valence-corrected chi connectivity index (χ2v) is 11.3. The van der Waals surface area contributed by atoms with Crippen molar-refractivity contribution < 1.29 is 19.1 Å². The van der Waals surface area contributed by atoms with E-state index >= 15 is 0 Å². The van der Waals surface area contributed by atoms with Gasteiger partial charge in [0.1, 0.15) is 5.78 Å². The third-order valence-corrected chi connectivity index (χ3v) is 6.37. The van der Waals surface area contributed by atoms with Crippen LogP contribution in [0.4, 0.5) is 0 Å². The van der Waals surface area contributed by atoms with Gasteiger partial charge in [-0.1, -0.05) is 48.5 Å². The van der Waals surface area contributed by atoms with Crippen LogP contribution in [0, 0.1) is 23.2 Å². The highest BCUT2D eigenvalue weighted by molar-refractivity contribution is 5.85. The predicted octanol–water partition coefficient (Wildman–Crippen LogP) is 4.90. The van der Waals surface area contributed by atoms with Crippen molar-refractivity contribution in [2.75, 3.05) is 13.2 Å². The van der Waals surface area contributed by atoms with Gasteiger partial charge in [-0.15, -0.1) is 0 Å². The zero-order valence-corrected chi connectivity index (χ0v) is 22.4. The molecule has 6 heteroatoms. The highest BCUT2D eigenvalue weighted by Crippen LogP contribution is 2.24. The van der Waals surface area contributed by atoms with Gasteiger partial charge in [0.25, 0.3) is 0 Å². The van der Waals surface area contributed by atoms with Crippen LogP contribution < -0.4 is 10.6 Å². The first-order chi connectivity index (χ1) is 14.6. The van der Waals surface area contributed by atoms with Crippen molar-refractivity contribution in [3.63, 3.8) is 0 Å². The molecule has 0 aromatic rings. The van der Waals surface area contributed by atoms with E-state index in [9.17, 15) is 14.4 Å². The van der Waals surface area contributed by atoms with E-state index < -0.39 is 11.0 Å². The van der Waals surface area contributed by atoms with Gasteiger partial charge in [0.05, 0.1) is 5.60 Å². The molecule has 0 aliphatic carbocycles. The Hall–Kier alpha value is -1.43. The Morgan fingerprint density at radius 2 is 1.47 bits per heavy atom. The summed E-state index contributed by atoms with van der Waals surface area (Å²) in [5.41, 5.74) is -0.920. The summed E-state index contributed by atoms with van der Waals surface area (Å²) in [4.78, 5) is 36.3. The normalized spacial score (nSPS) is 14.4. The largest absolute Gasteiger partial charge is 0.375 e. The number of hydrogen-bond donors (Lipinski definition) is 2. The zero-order valence-electron chi connectivity index (χ0n) is 22.4. The van der Waals surface area contributed by atoms with Crippen molar-refractivity contribution in [1.29, 1.82) is 0 Å². The number of ketones is 1. The number of rotatable bonds is 16. The standard InChI is InChI=1S/C26H50N2O4/c1-18(2)20(5)17-21(6)28-24(31)25(7,8)14-16-32-26(9,10)13-15-27-23(30)12-11-22(29)19(3)4/h18-21H,11-17H2,1-10H3,(H,27,30)(H,28,31). The molecule has 0 fully saturated rings.